The molecule has 3 rings (SSSR count). The van der Waals surface area contributed by atoms with Crippen LogP contribution in [-0.4, -0.2) is 10.1 Å². The molecule has 1 aromatic carbocycles. The highest BCUT2D eigenvalue weighted by Crippen LogP contribution is 2.45. The van der Waals surface area contributed by atoms with Gasteiger partial charge in [0, 0.05) is 11.1 Å². The molecule has 88 valence electrons. The molecule has 0 saturated heterocycles. The van der Waals surface area contributed by atoms with Crippen LogP contribution in [0.25, 0.3) is 0 Å². The Balaban J connectivity index is 1.77. The van der Waals surface area contributed by atoms with Crippen LogP contribution in [-0.2, 0) is 11.8 Å². The van der Waals surface area contributed by atoms with E-state index in [0.29, 0.717) is 12.3 Å². The fourth-order valence-corrected chi connectivity index (χ4v) is 1.79. The molecule has 0 unspecified atom stereocenters. The number of benzene rings is 1. The van der Waals surface area contributed by atoms with Gasteiger partial charge in [0.2, 0.25) is 5.89 Å². The summed E-state index contributed by atoms with van der Waals surface area (Å²) in [5.74, 6) is 1.53. The monoisotopic (exact) mass is 229 g/mol. The summed E-state index contributed by atoms with van der Waals surface area (Å²) in [7, 11) is 0. The molecule has 4 nitrogen and oxygen atoms in total. The SMILES string of the molecule is CC1(c2noc(Cc3ccc(N)cc3)n2)CC1. The fraction of sp³-hybridized carbons (Fsp3) is 0.385. The zero-order chi connectivity index (χ0) is 11.9. The van der Waals surface area contributed by atoms with Crippen molar-refractivity contribution >= 4 is 5.69 Å². The number of nitrogens with zero attached hydrogens (tertiary/aromatic N) is 2. The number of hydrogen-bond acceptors (Lipinski definition) is 4. The van der Waals surface area contributed by atoms with Crippen LogP contribution in [0.4, 0.5) is 5.69 Å². The molecular weight excluding hydrogens is 214 g/mol. The van der Waals surface area contributed by atoms with Crippen molar-refractivity contribution in [3.8, 4) is 0 Å². The molecule has 0 bridgehead atoms. The Labute approximate surface area is 99.8 Å². The number of aromatic nitrogens is 2. The average Bonchev–Trinajstić information content (AvgIpc) is 2.90. The van der Waals surface area contributed by atoms with Crippen LogP contribution in [0.5, 0.6) is 0 Å². The van der Waals surface area contributed by atoms with Crippen molar-refractivity contribution in [2.24, 2.45) is 0 Å². The van der Waals surface area contributed by atoms with Gasteiger partial charge in [0.25, 0.3) is 0 Å². The zero-order valence-corrected chi connectivity index (χ0v) is 9.81. The summed E-state index contributed by atoms with van der Waals surface area (Å²) in [6, 6.07) is 7.74. The maximum Gasteiger partial charge on any atom is 0.231 e. The Hall–Kier alpha value is -1.84. The van der Waals surface area contributed by atoms with Gasteiger partial charge in [0.15, 0.2) is 5.82 Å². The number of nitrogen functional groups attached to an aromatic ring is 1. The average molecular weight is 229 g/mol. The van der Waals surface area contributed by atoms with Crippen molar-refractivity contribution in [2.75, 3.05) is 5.73 Å². The molecule has 1 aliphatic rings. The second-order valence-corrected chi connectivity index (χ2v) is 4.99. The topological polar surface area (TPSA) is 64.9 Å². The standard InChI is InChI=1S/C13H15N3O/c1-13(6-7-13)12-15-11(17-16-12)8-9-2-4-10(14)5-3-9/h2-5H,6-8,14H2,1H3. The first-order valence-corrected chi connectivity index (χ1v) is 5.83. The lowest BCUT2D eigenvalue weighted by molar-refractivity contribution is 0.375. The van der Waals surface area contributed by atoms with E-state index in [-0.39, 0.29) is 5.41 Å². The lowest BCUT2D eigenvalue weighted by Gasteiger charge is -1.98. The second kappa shape index (κ2) is 3.58. The van der Waals surface area contributed by atoms with Gasteiger partial charge in [-0.1, -0.05) is 24.2 Å². The Morgan fingerprint density at radius 2 is 2.00 bits per heavy atom. The van der Waals surface area contributed by atoms with E-state index in [1.165, 1.54) is 0 Å². The van der Waals surface area contributed by atoms with Gasteiger partial charge < -0.3 is 10.3 Å². The third-order valence-electron chi connectivity index (χ3n) is 3.34. The number of nitrogens with two attached hydrogens (primary N) is 1. The Morgan fingerprint density at radius 1 is 1.29 bits per heavy atom. The van der Waals surface area contributed by atoms with Gasteiger partial charge in [-0.15, -0.1) is 0 Å². The first-order valence-electron chi connectivity index (χ1n) is 5.83. The van der Waals surface area contributed by atoms with E-state index in [1.807, 2.05) is 24.3 Å². The Kier molecular flexibility index (Phi) is 2.18. The minimum Gasteiger partial charge on any atom is -0.399 e. The molecule has 4 heteroatoms. The molecule has 1 aromatic heterocycles. The van der Waals surface area contributed by atoms with Gasteiger partial charge in [-0.25, -0.2) is 0 Å². The summed E-state index contributed by atoms with van der Waals surface area (Å²) in [4.78, 5) is 4.45. The fourth-order valence-electron chi connectivity index (χ4n) is 1.79. The first-order chi connectivity index (χ1) is 8.16. The van der Waals surface area contributed by atoms with Crippen LogP contribution in [0.1, 0.15) is 37.0 Å². The van der Waals surface area contributed by atoms with Crippen molar-refractivity contribution in [3.63, 3.8) is 0 Å². The summed E-state index contributed by atoms with van der Waals surface area (Å²) >= 11 is 0. The van der Waals surface area contributed by atoms with E-state index in [1.54, 1.807) is 0 Å². The molecule has 1 heterocycles. The summed E-state index contributed by atoms with van der Waals surface area (Å²) in [6.45, 7) is 2.17. The molecule has 1 fully saturated rings. The van der Waals surface area contributed by atoms with E-state index < -0.39 is 0 Å². The molecule has 0 spiro atoms. The van der Waals surface area contributed by atoms with Gasteiger partial charge in [-0.05, 0) is 30.5 Å². The van der Waals surface area contributed by atoms with Crippen LogP contribution in [0.3, 0.4) is 0 Å². The highest BCUT2D eigenvalue weighted by molar-refractivity contribution is 5.39. The van der Waals surface area contributed by atoms with Gasteiger partial charge in [0.05, 0.1) is 6.42 Å². The van der Waals surface area contributed by atoms with Crippen LogP contribution in [0.2, 0.25) is 0 Å². The van der Waals surface area contributed by atoms with Crippen molar-refractivity contribution < 1.29 is 4.52 Å². The largest absolute Gasteiger partial charge is 0.399 e. The number of anilines is 1. The zero-order valence-electron chi connectivity index (χ0n) is 9.81. The summed E-state index contributed by atoms with van der Waals surface area (Å²) in [5, 5.41) is 4.05. The second-order valence-electron chi connectivity index (χ2n) is 4.99. The smallest absolute Gasteiger partial charge is 0.231 e. The highest BCUT2D eigenvalue weighted by atomic mass is 16.5. The molecule has 0 radical (unpaired) electrons. The summed E-state index contributed by atoms with van der Waals surface area (Å²) in [6.07, 6.45) is 2.99. The first kappa shape index (κ1) is 10.3. The van der Waals surface area contributed by atoms with Crippen LogP contribution in [0, 0.1) is 0 Å². The van der Waals surface area contributed by atoms with Gasteiger partial charge in [-0.3, -0.25) is 0 Å². The molecule has 17 heavy (non-hydrogen) atoms. The minimum absolute atomic E-state index is 0.170. The van der Waals surface area contributed by atoms with Crippen molar-refractivity contribution in [1.82, 2.24) is 10.1 Å². The van der Waals surface area contributed by atoms with E-state index >= 15 is 0 Å². The molecule has 1 saturated carbocycles. The lowest BCUT2D eigenvalue weighted by atomic mass is 10.1. The normalized spacial score (nSPS) is 17.0. The molecule has 0 atom stereocenters. The quantitative estimate of drug-likeness (QED) is 0.820. The minimum atomic E-state index is 0.170. The summed E-state index contributed by atoms with van der Waals surface area (Å²) < 4.78 is 5.27. The molecule has 1 aliphatic carbocycles. The van der Waals surface area contributed by atoms with E-state index in [2.05, 4.69) is 17.1 Å². The molecule has 2 aromatic rings. The third kappa shape index (κ3) is 2.02. The maximum absolute atomic E-state index is 5.64. The van der Waals surface area contributed by atoms with E-state index in [0.717, 1.165) is 29.9 Å². The van der Waals surface area contributed by atoms with Crippen molar-refractivity contribution in [2.45, 2.75) is 31.6 Å². The van der Waals surface area contributed by atoms with Gasteiger partial charge in [-0.2, -0.15) is 4.98 Å². The predicted octanol–water partition coefficient (Wildman–Crippen LogP) is 2.29. The van der Waals surface area contributed by atoms with Gasteiger partial charge in [0.1, 0.15) is 0 Å². The molecule has 2 N–H and O–H groups in total. The molecule has 0 amide bonds. The lowest BCUT2D eigenvalue weighted by Crippen LogP contribution is -2.02. The Bertz CT molecular complexity index is 526. The van der Waals surface area contributed by atoms with Crippen LogP contribution in [0.15, 0.2) is 28.8 Å². The van der Waals surface area contributed by atoms with E-state index in [4.69, 9.17) is 10.3 Å². The van der Waals surface area contributed by atoms with Crippen molar-refractivity contribution in [1.29, 1.82) is 0 Å². The molecule has 0 aliphatic heterocycles. The highest BCUT2D eigenvalue weighted by Gasteiger charge is 2.43. The number of rotatable bonds is 3. The van der Waals surface area contributed by atoms with Crippen molar-refractivity contribution in [3.05, 3.63) is 41.5 Å². The van der Waals surface area contributed by atoms with Gasteiger partial charge >= 0.3 is 0 Å². The number of hydrogen-bond donors (Lipinski definition) is 1. The van der Waals surface area contributed by atoms with Crippen LogP contribution < -0.4 is 5.73 Å². The third-order valence-corrected chi connectivity index (χ3v) is 3.34. The van der Waals surface area contributed by atoms with Crippen LogP contribution >= 0.6 is 0 Å². The summed E-state index contributed by atoms with van der Waals surface area (Å²) in [5.41, 5.74) is 7.71. The Morgan fingerprint density at radius 3 is 2.65 bits per heavy atom. The molecular formula is C13H15N3O. The predicted molar refractivity (Wildman–Crippen MR) is 64.5 cm³/mol. The van der Waals surface area contributed by atoms with E-state index in [9.17, 15) is 0 Å². The maximum atomic E-state index is 5.64.